The van der Waals surface area contributed by atoms with Crippen molar-refractivity contribution in [2.45, 2.75) is 32.9 Å². The molecule has 2 heterocycles. The predicted octanol–water partition coefficient (Wildman–Crippen LogP) is 2.73. The number of hydrogen-bond acceptors (Lipinski definition) is 3. The van der Waals surface area contributed by atoms with Gasteiger partial charge in [0.25, 0.3) is 0 Å². The van der Waals surface area contributed by atoms with Crippen LogP contribution >= 0.6 is 0 Å². The number of fused-ring (bicyclic) bond motifs is 1. The van der Waals surface area contributed by atoms with Crippen LogP contribution in [0.2, 0.25) is 0 Å². The number of benzene rings is 1. The first-order valence-electron chi connectivity index (χ1n) is 7.00. The second-order valence-corrected chi connectivity index (χ2v) is 5.67. The highest BCUT2D eigenvalue weighted by Crippen LogP contribution is 2.29. The molecule has 0 radical (unpaired) electrons. The monoisotopic (exact) mass is 255 g/mol. The number of piperazine rings is 1. The Balaban J connectivity index is 2.07. The second kappa shape index (κ2) is 4.82. The van der Waals surface area contributed by atoms with Crippen molar-refractivity contribution in [3.8, 4) is 0 Å². The second-order valence-electron chi connectivity index (χ2n) is 5.67. The van der Waals surface area contributed by atoms with Crippen LogP contribution in [0.3, 0.4) is 0 Å². The fourth-order valence-corrected chi connectivity index (χ4v) is 3.10. The molecule has 3 rings (SSSR count). The maximum atomic E-state index is 4.53. The summed E-state index contributed by atoms with van der Waals surface area (Å²) in [4.78, 5) is 7.01. The summed E-state index contributed by atoms with van der Waals surface area (Å²) in [5.41, 5.74) is 3.68. The summed E-state index contributed by atoms with van der Waals surface area (Å²) in [6.07, 6.45) is 1.88. The summed E-state index contributed by atoms with van der Waals surface area (Å²) >= 11 is 0. The molecule has 0 saturated carbocycles. The van der Waals surface area contributed by atoms with E-state index in [1.54, 1.807) is 0 Å². The molecule has 1 aromatic heterocycles. The molecule has 1 aliphatic rings. The SMILES string of the molecule is Cc1ccc(N2CC(C)NC(C)C2)c2cccnc12. The molecule has 0 amide bonds. The topological polar surface area (TPSA) is 28.2 Å². The number of pyridine rings is 1. The average molecular weight is 255 g/mol. The zero-order valence-corrected chi connectivity index (χ0v) is 11.9. The third kappa shape index (κ3) is 2.30. The summed E-state index contributed by atoms with van der Waals surface area (Å²) < 4.78 is 0. The lowest BCUT2D eigenvalue weighted by Gasteiger charge is -2.38. The summed E-state index contributed by atoms with van der Waals surface area (Å²) in [6, 6.07) is 9.68. The van der Waals surface area contributed by atoms with E-state index in [4.69, 9.17) is 0 Å². The molecule has 0 spiro atoms. The van der Waals surface area contributed by atoms with Crippen molar-refractivity contribution in [3.05, 3.63) is 36.0 Å². The molecule has 2 atom stereocenters. The van der Waals surface area contributed by atoms with Gasteiger partial charge in [0.1, 0.15) is 0 Å². The molecule has 0 bridgehead atoms. The first-order valence-corrected chi connectivity index (χ1v) is 7.00. The smallest absolute Gasteiger partial charge is 0.0751 e. The molecule has 1 aromatic carbocycles. The van der Waals surface area contributed by atoms with Crippen molar-refractivity contribution < 1.29 is 0 Å². The van der Waals surface area contributed by atoms with Gasteiger partial charge in [0.15, 0.2) is 0 Å². The lowest BCUT2D eigenvalue weighted by atomic mass is 10.1. The molecule has 1 fully saturated rings. The van der Waals surface area contributed by atoms with Crippen LogP contribution in [0.4, 0.5) is 5.69 Å². The molecule has 0 aliphatic carbocycles. The Morgan fingerprint density at radius 3 is 2.63 bits per heavy atom. The fourth-order valence-electron chi connectivity index (χ4n) is 3.10. The Morgan fingerprint density at radius 1 is 1.16 bits per heavy atom. The van der Waals surface area contributed by atoms with Gasteiger partial charge >= 0.3 is 0 Å². The first-order chi connectivity index (χ1) is 9.15. The number of anilines is 1. The molecule has 2 aromatic rings. The average Bonchev–Trinajstić information content (AvgIpc) is 2.38. The minimum Gasteiger partial charge on any atom is -0.368 e. The van der Waals surface area contributed by atoms with Crippen molar-refractivity contribution in [3.63, 3.8) is 0 Å². The van der Waals surface area contributed by atoms with Gasteiger partial charge < -0.3 is 10.2 Å². The van der Waals surface area contributed by atoms with Crippen LogP contribution in [-0.4, -0.2) is 30.2 Å². The van der Waals surface area contributed by atoms with Gasteiger partial charge in [-0.15, -0.1) is 0 Å². The third-order valence-electron chi connectivity index (χ3n) is 3.85. The molecule has 1 aliphatic heterocycles. The Hall–Kier alpha value is -1.61. The van der Waals surface area contributed by atoms with E-state index in [1.165, 1.54) is 16.6 Å². The molecule has 100 valence electrons. The summed E-state index contributed by atoms with van der Waals surface area (Å²) in [5.74, 6) is 0. The quantitative estimate of drug-likeness (QED) is 0.849. The van der Waals surface area contributed by atoms with Gasteiger partial charge in [0, 0.05) is 42.4 Å². The van der Waals surface area contributed by atoms with Crippen LogP contribution in [0.15, 0.2) is 30.5 Å². The van der Waals surface area contributed by atoms with Crippen LogP contribution in [-0.2, 0) is 0 Å². The van der Waals surface area contributed by atoms with Crippen LogP contribution in [0.5, 0.6) is 0 Å². The maximum Gasteiger partial charge on any atom is 0.0751 e. The van der Waals surface area contributed by atoms with Gasteiger partial charge in [-0.3, -0.25) is 4.98 Å². The predicted molar refractivity (Wildman–Crippen MR) is 80.8 cm³/mol. The number of nitrogens with zero attached hydrogens (tertiary/aromatic N) is 2. The molecule has 1 saturated heterocycles. The normalized spacial score (nSPS) is 23.8. The fraction of sp³-hybridized carbons (Fsp3) is 0.438. The third-order valence-corrected chi connectivity index (χ3v) is 3.85. The molecular formula is C16H21N3. The van der Waals surface area contributed by atoms with Crippen LogP contribution in [0, 0.1) is 6.92 Å². The summed E-state index contributed by atoms with van der Waals surface area (Å²) in [7, 11) is 0. The molecule has 19 heavy (non-hydrogen) atoms. The van der Waals surface area contributed by atoms with E-state index in [0.717, 1.165) is 18.6 Å². The molecule has 2 unspecified atom stereocenters. The van der Waals surface area contributed by atoms with Crippen LogP contribution in [0.1, 0.15) is 19.4 Å². The van der Waals surface area contributed by atoms with Crippen molar-refractivity contribution in [1.82, 2.24) is 10.3 Å². The van der Waals surface area contributed by atoms with E-state index in [1.807, 2.05) is 12.3 Å². The minimum absolute atomic E-state index is 0.525. The number of hydrogen-bond donors (Lipinski definition) is 1. The van der Waals surface area contributed by atoms with E-state index >= 15 is 0 Å². The van der Waals surface area contributed by atoms with E-state index < -0.39 is 0 Å². The lowest BCUT2D eigenvalue weighted by Crippen LogP contribution is -2.54. The Labute approximate surface area is 114 Å². The Bertz CT molecular complexity index is 584. The first kappa shape index (κ1) is 12.4. The molecule has 3 nitrogen and oxygen atoms in total. The molecular weight excluding hydrogens is 234 g/mol. The lowest BCUT2D eigenvalue weighted by molar-refractivity contribution is 0.407. The number of rotatable bonds is 1. The van der Waals surface area contributed by atoms with Gasteiger partial charge in [-0.25, -0.2) is 0 Å². The van der Waals surface area contributed by atoms with Crippen molar-refractivity contribution in [2.24, 2.45) is 0 Å². The molecule has 1 N–H and O–H groups in total. The standard InChI is InChI=1S/C16H21N3/c1-11-6-7-15(14-5-4-8-17-16(11)14)19-9-12(2)18-13(3)10-19/h4-8,12-13,18H,9-10H2,1-3H3. The van der Waals surface area contributed by atoms with Gasteiger partial charge in [0.05, 0.1) is 5.52 Å². The summed E-state index contributed by atoms with van der Waals surface area (Å²) in [6.45, 7) is 8.73. The van der Waals surface area contributed by atoms with Crippen LogP contribution in [0.25, 0.3) is 10.9 Å². The number of nitrogens with one attached hydrogen (secondary N) is 1. The Morgan fingerprint density at radius 2 is 1.89 bits per heavy atom. The van der Waals surface area contributed by atoms with Crippen molar-refractivity contribution in [2.75, 3.05) is 18.0 Å². The van der Waals surface area contributed by atoms with Gasteiger partial charge in [0.2, 0.25) is 0 Å². The van der Waals surface area contributed by atoms with E-state index in [-0.39, 0.29) is 0 Å². The highest BCUT2D eigenvalue weighted by molar-refractivity contribution is 5.93. The van der Waals surface area contributed by atoms with Gasteiger partial charge in [-0.2, -0.15) is 0 Å². The zero-order chi connectivity index (χ0) is 13.4. The van der Waals surface area contributed by atoms with E-state index in [9.17, 15) is 0 Å². The van der Waals surface area contributed by atoms with E-state index in [0.29, 0.717) is 12.1 Å². The number of aromatic nitrogens is 1. The Kier molecular flexibility index (Phi) is 3.15. The molecule has 3 heteroatoms. The number of aryl methyl sites for hydroxylation is 1. The van der Waals surface area contributed by atoms with Crippen molar-refractivity contribution >= 4 is 16.6 Å². The van der Waals surface area contributed by atoms with Gasteiger partial charge in [-0.1, -0.05) is 6.07 Å². The van der Waals surface area contributed by atoms with Gasteiger partial charge in [-0.05, 0) is 44.5 Å². The largest absolute Gasteiger partial charge is 0.368 e. The minimum atomic E-state index is 0.525. The van der Waals surface area contributed by atoms with Crippen molar-refractivity contribution in [1.29, 1.82) is 0 Å². The highest BCUT2D eigenvalue weighted by Gasteiger charge is 2.22. The maximum absolute atomic E-state index is 4.53. The zero-order valence-electron chi connectivity index (χ0n) is 11.9. The highest BCUT2D eigenvalue weighted by atomic mass is 15.2. The summed E-state index contributed by atoms with van der Waals surface area (Å²) in [5, 5.41) is 4.85. The van der Waals surface area contributed by atoms with Crippen LogP contribution < -0.4 is 10.2 Å². The van der Waals surface area contributed by atoms with E-state index in [2.05, 4.69) is 54.2 Å².